The molecule has 1 N–H and O–H groups in total. The second-order valence-electron chi connectivity index (χ2n) is 5.11. The first-order chi connectivity index (χ1) is 9.93. The molecular formula is C17H18BrClFN. The van der Waals surface area contributed by atoms with Gasteiger partial charge in [-0.1, -0.05) is 40.5 Å². The van der Waals surface area contributed by atoms with Crippen LogP contribution in [0.3, 0.4) is 0 Å². The van der Waals surface area contributed by atoms with Gasteiger partial charge in [-0.15, -0.1) is 0 Å². The predicted molar refractivity (Wildman–Crippen MR) is 90.5 cm³/mol. The van der Waals surface area contributed by atoms with Crippen LogP contribution in [-0.2, 0) is 0 Å². The molecule has 1 atom stereocenters. The monoisotopic (exact) mass is 369 g/mol. The fourth-order valence-corrected chi connectivity index (χ4v) is 3.05. The number of halogens is 3. The molecule has 21 heavy (non-hydrogen) atoms. The first-order valence-electron chi connectivity index (χ1n) is 6.89. The van der Waals surface area contributed by atoms with Crippen molar-refractivity contribution < 1.29 is 4.39 Å². The summed E-state index contributed by atoms with van der Waals surface area (Å²) >= 11 is 9.79. The van der Waals surface area contributed by atoms with Crippen LogP contribution in [0.4, 0.5) is 4.39 Å². The molecule has 0 spiro atoms. The van der Waals surface area contributed by atoms with Crippen molar-refractivity contribution in [2.75, 3.05) is 6.54 Å². The molecule has 112 valence electrons. The Morgan fingerprint density at radius 2 is 1.86 bits per heavy atom. The molecule has 0 heterocycles. The maximum absolute atomic E-state index is 13.6. The van der Waals surface area contributed by atoms with E-state index in [4.69, 9.17) is 11.6 Å². The normalized spacial score (nSPS) is 12.5. The Balaban J connectivity index is 2.58. The standard InChI is InChI=1S/C17H18BrClFN/c1-4-21-17(13-8-12(18)6-5-10(13)2)14-7-11(3)16(20)9-15(14)19/h5-9,17,21H,4H2,1-3H3. The molecule has 0 radical (unpaired) electrons. The van der Waals surface area contributed by atoms with Gasteiger partial charge in [0.1, 0.15) is 5.82 Å². The molecule has 0 aliphatic rings. The Morgan fingerprint density at radius 3 is 2.52 bits per heavy atom. The lowest BCUT2D eigenvalue weighted by atomic mass is 9.94. The third kappa shape index (κ3) is 3.65. The predicted octanol–water partition coefficient (Wildman–Crippen LogP) is 5.56. The number of hydrogen-bond donors (Lipinski definition) is 1. The minimum Gasteiger partial charge on any atom is -0.306 e. The molecule has 0 saturated carbocycles. The van der Waals surface area contributed by atoms with Crippen molar-refractivity contribution in [3.8, 4) is 0 Å². The highest BCUT2D eigenvalue weighted by atomic mass is 79.9. The van der Waals surface area contributed by atoms with Crippen molar-refractivity contribution in [2.45, 2.75) is 26.8 Å². The van der Waals surface area contributed by atoms with Gasteiger partial charge in [0.25, 0.3) is 0 Å². The summed E-state index contributed by atoms with van der Waals surface area (Å²) < 4.78 is 14.7. The molecule has 0 fully saturated rings. The number of benzene rings is 2. The summed E-state index contributed by atoms with van der Waals surface area (Å²) in [7, 11) is 0. The van der Waals surface area contributed by atoms with Gasteiger partial charge < -0.3 is 5.32 Å². The molecule has 0 aliphatic carbocycles. The molecule has 4 heteroatoms. The molecule has 2 aromatic rings. The average molecular weight is 371 g/mol. The van der Waals surface area contributed by atoms with Crippen molar-refractivity contribution in [3.63, 3.8) is 0 Å². The summed E-state index contributed by atoms with van der Waals surface area (Å²) in [4.78, 5) is 0. The van der Waals surface area contributed by atoms with E-state index in [1.165, 1.54) is 11.6 Å². The van der Waals surface area contributed by atoms with Crippen molar-refractivity contribution >= 4 is 27.5 Å². The molecule has 0 aliphatic heterocycles. The molecule has 0 bridgehead atoms. The van der Waals surface area contributed by atoms with Crippen molar-refractivity contribution in [1.29, 1.82) is 0 Å². The van der Waals surface area contributed by atoms with E-state index >= 15 is 0 Å². The summed E-state index contributed by atoms with van der Waals surface area (Å²) in [5, 5.41) is 3.89. The highest BCUT2D eigenvalue weighted by Gasteiger charge is 2.19. The summed E-state index contributed by atoms with van der Waals surface area (Å²) in [6.45, 7) is 6.66. The Kier molecular flexibility index (Phi) is 5.42. The van der Waals surface area contributed by atoms with Crippen LogP contribution in [0, 0.1) is 19.7 Å². The SMILES string of the molecule is CCNC(c1cc(Br)ccc1C)c1cc(C)c(F)cc1Cl. The van der Waals surface area contributed by atoms with Gasteiger partial charge in [-0.05, 0) is 66.9 Å². The lowest BCUT2D eigenvalue weighted by molar-refractivity contribution is 0.605. The van der Waals surface area contributed by atoms with Gasteiger partial charge in [-0.25, -0.2) is 4.39 Å². The van der Waals surface area contributed by atoms with Crippen LogP contribution in [-0.4, -0.2) is 6.54 Å². The highest BCUT2D eigenvalue weighted by Crippen LogP contribution is 2.33. The zero-order valence-electron chi connectivity index (χ0n) is 12.3. The number of aryl methyl sites for hydroxylation is 2. The molecule has 0 aromatic heterocycles. The molecule has 2 rings (SSSR count). The Bertz CT molecular complexity index is 657. The van der Waals surface area contributed by atoms with E-state index in [9.17, 15) is 4.39 Å². The molecule has 1 unspecified atom stereocenters. The minimum absolute atomic E-state index is 0.0562. The Morgan fingerprint density at radius 1 is 1.14 bits per heavy atom. The van der Waals surface area contributed by atoms with Gasteiger partial charge in [0.15, 0.2) is 0 Å². The summed E-state index contributed by atoms with van der Waals surface area (Å²) in [6, 6.07) is 9.32. The second kappa shape index (κ2) is 6.91. The van der Waals surface area contributed by atoms with E-state index in [1.54, 1.807) is 6.92 Å². The van der Waals surface area contributed by atoms with Crippen LogP contribution in [0.25, 0.3) is 0 Å². The topological polar surface area (TPSA) is 12.0 Å². The lowest BCUT2D eigenvalue weighted by Crippen LogP contribution is -2.23. The maximum Gasteiger partial charge on any atom is 0.127 e. The van der Waals surface area contributed by atoms with Crippen LogP contribution in [0.5, 0.6) is 0 Å². The van der Waals surface area contributed by atoms with Gasteiger partial charge in [-0.2, -0.15) is 0 Å². The fraction of sp³-hybridized carbons (Fsp3) is 0.294. The number of hydrogen-bond acceptors (Lipinski definition) is 1. The first kappa shape index (κ1) is 16.5. The van der Waals surface area contributed by atoms with Gasteiger partial charge in [0.2, 0.25) is 0 Å². The zero-order chi connectivity index (χ0) is 15.6. The van der Waals surface area contributed by atoms with Gasteiger partial charge >= 0.3 is 0 Å². The molecule has 1 nitrogen and oxygen atoms in total. The van der Waals surface area contributed by atoms with Crippen LogP contribution < -0.4 is 5.32 Å². The van der Waals surface area contributed by atoms with E-state index in [0.29, 0.717) is 10.6 Å². The largest absolute Gasteiger partial charge is 0.306 e. The first-order valence-corrected chi connectivity index (χ1v) is 8.06. The number of rotatable bonds is 4. The summed E-state index contributed by atoms with van der Waals surface area (Å²) in [5.74, 6) is -0.273. The third-order valence-electron chi connectivity index (χ3n) is 3.55. The van der Waals surface area contributed by atoms with Crippen LogP contribution in [0.2, 0.25) is 5.02 Å². The quantitative estimate of drug-likeness (QED) is 0.743. The summed E-state index contributed by atoms with van der Waals surface area (Å²) in [5.41, 5.74) is 3.81. The molecule has 0 saturated heterocycles. The van der Waals surface area contributed by atoms with Crippen LogP contribution in [0.15, 0.2) is 34.8 Å². The maximum atomic E-state index is 13.6. The third-order valence-corrected chi connectivity index (χ3v) is 4.37. The lowest BCUT2D eigenvalue weighted by Gasteiger charge is -2.23. The average Bonchev–Trinajstić information content (AvgIpc) is 2.43. The van der Waals surface area contributed by atoms with Crippen molar-refractivity contribution in [2.24, 2.45) is 0 Å². The Hall–Kier alpha value is -0.900. The van der Waals surface area contributed by atoms with Crippen LogP contribution >= 0.6 is 27.5 Å². The Labute approximate surface area is 138 Å². The summed E-state index contributed by atoms with van der Waals surface area (Å²) in [6.07, 6.45) is 0. The zero-order valence-corrected chi connectivity index (χ0v) is 14.6. The van der Waals surface area contributed by atoms with E-state index in [2.05, 4.69) is 40.3 Å². The van der Waals surface area contributed by atoms with E-state index in [1.807, 2.05) is 19.1 Å². The van der Waals surface area contributed by atoms with E-state index in [-0.39, 0.29) is 11.9 Å². The molecule has 0 amide bonds. The second-order valence-corrected chi connectivity index (χ2v) is 6.44. The van der Waals surface area contributed by atoms with Crippen molar-refractivity contribution in [3.05, 3.63) is 67.9 Å². The van der Waals surface area contributed by atoms with Crippen molar-refractivity contribution in [1.82, 2.24) is 5.32 Å². The molecule has 2 aromatic carbocycles. The van der Waals surface area contributed by atoms with Crippen LogP contribution in [0.1, 0.15) is 35.2 Å². The van der Waals surface area contributed by atoms with Gasteiger partial charge in [0, 0.05) is 9.50 Å². The van der Waals surface area contributed by atoms with Gasteiger partial charge in [-0.3, -0.25) is 0 Å². The van der Waals surface area contributed by atoms with E-state index in [0.717, 1.165) is 22.1 Å². The smallest absolute Gasteiger partial charge is 0.127 e. The number of nitrogens with one attached hydrogen (secondary N) is 1. The fourth-order valence-electron chi connectivity index (χ4n) is 2.41. The van der Waals surface area contributed by atoms with E-state index < -0.39 is 0 Å². The highest BCUT2D eigenvalue weighted by molar-refractivity contribution is 9.10. The van der Waals surface area contributed by atoms with Gasteiger partial charge in [0.05, 0.1) is 6.04 Å². The minimum atomic E-state index is -0.273. The molecular weight excluding hydrogens is 353 g/mol.